The average molecular weight is 280 g/mol. The molecule has 3 rings (SSSR count). The molecule has 7 heteroatoms. The van der Waals surface area contributed by atoms with Crippen LogP contribution in [0, 0.1) is 11.3 Å². The van der Waals surface area contributed by atoms with Gasteiger partial charge in [-0.1, -0.05) is 6.07 Å². The molecule has 0 spiro atoms. The van der Waals surface area contributed by atoms with Gasteiger partial charge in [-0.05, 0) is 17.7 Å². The van der Waals surface area contributed by atoms with Crippen LogP contribution in [0.5, 0.6) is 11.5 Å². The summed E-state index contributed by atoms with van der Waals surface area (Å²) in [6.07, 6.45) is 1.10. The summed E-state index contributed by atoms with van der Waals surface area (Å²) in [7, 11) is -3.38. The number of benzene rings is 1. The van der Waals surface area contributed by atoms with Gasteiger partial charge in [-0.25, -0.2) is 8.42 Å². The molecule has 1 aliphatic heterocycles. The minimum Gasteiger partial charge on any atom is -0.454 e. The molecule has 0 bridgehead atoms. The third kappa shape index (κ3) is 1.68. The molecule has 1 aromatic rings. The quantitative estimate of drug-likeness (QED) is 0.827. The Morgan fingerprint density at radius 2 is 2.11 bits per heavy atom. The number of hydrogen-bond donors (Lipinski definition) is 1. The van der Waals surface area contributed by atoms with Crippen LogP contribution in [0.2, 0.25) is 0 Å². The summed E-state index contributed by atoms with van der Waals surface area (Å²) in [5, 5.41) is 8.26. The van der Waals surface area contributed by atoms with Crippen molar-refractivity contribution in [2.45, 2.75) is 16.7 Å². The van der Waals surface area contributed by atoms with E-state index < -0.39 is 26.5 Å². The molecule has 1 fully saturated rings. The molecule has 2 aliphatic rings. The summed E-state index contributed by atoms with van der Waals surface area (Å²) in [6, 6.07) is 7.03. The molecular weight excluding hydrogens is 268 g/mol. The second-order valence-electron chi connectivity index (χ2n) is 4.89. The molecule has 19 heavy (non-hydrogen) atoms. The third-order valence-electron chi connectivity index (χ3n) is 3.59. The normalized spacial score (nSPS) is 31.8. The second kappa shape index (κ2) is 3.62. The van der Waals surface area contributed by atoms with E-state index >= 15 is 0 Å². The van der Waals surface area contributed by atoms with Gasteiger partial charge in [0.25, 0.3) is 0 Å². The Morgan fingerprint density at radius 3 is 2.68 bits per heavy atom. The topological polar surface area (TPSA) is 102 Å². The molecule has 1 aliphatic carbocycles. The Labute approximate surface area is 110 Å². The lowest BCUT2D eigenvalue weighted by molar-refractivity contribution is 0.174. The first kappa shape index (κ1) is 12.3. The largest absolute Gasteiger partial charge is 0.454 e. The molecule has 100 valence electrons. The number of nitrogens with zero attached hydrogens (tertiary/aromatic N) is 1. The predicted octanol–water partition coefficient (Wildman–Crippen LogP) is 0.147. The molecule has 1 aromatic carbocycles. The van der Waals surface area contributed by atoms with Crippen LogP contribution >= 0.6 is 0 Å². The van der Waals surface area contributed by atoms with Crippen molar-refractivity contribution in [3.63, 3.8) is 0 Å². The number of rotatable bonds is 2. The van der Waals surface area contributed by atoms with Crippen LogP contribution < -0.4 is 15.2 Å². The van der Waals surface area contributed by atoms with Crippen LogP contribution in [0.4, 0.5) is 0 Å². The van der Waals surface area contributed by atoms with Crippen molar-refractivity contribution in [3.8, 4) is 17.6 Å². The van der Waals surface area contributed by atoms with Crippen molar-refractivity contribution in [2.24, 2.45) is 5.73 Å². The monoisotopic (exact) mass is 280 g/mol. The van der Waals surface area contributed by atoms with Gasteiger partial charge in [0.2, 0.25) is 6.79 Å². The van der Waals surface area contributed by atoms with E-state index in [0.29, 0.717) is 17.1 Å². The molecule has 0 radical (unpaired) electrons. The van der Waals surface area contributed by atoms with Crippen molar-refractivity contribution in [3.05, 3.63) is 23.8 Å². The van der Waals surface area contributed by atoms with Crippen LogP contribution in [0.15, 0.2) is 18.2 Å². The molecule has 2 N–H and O–H groups in total. The molecule has 0 aromatic heterocycles. The lowest BCUT2D eigenvalue weighted by Crippen LogP contribution is -2.28. The zero-order chi connectivity index (χ0) is 13.8. The number of fused-ring (bicyclic) bond motifs is 1. The van der Waals surface area contributed by atoms with E-state index in [1.165, 1.54) is 0 Å². The van der Waals surface area contributed by atoms with Gasteiger partial charge >= 0.3 is 0 Å². The number of nitriles is 1. The molecular formula is C12H12N2O4S. The zero-order valence-corrected chi connectivity index (χ0v) is 11.0. The Hall–Kier alpha value is -1.78. The SMILES string of the molecule is CS(=O)(=O)[C@H]1[C@H](c2ccc3c(c2)OCO3)[C@@]1(N)C#N. The van der Waals surface area contributed by atoms with Gasteiger partial charge in [-0.15, -0.1) is 0 Å². The van der Waals surface area contributed by atoms with Crippen molar-refractivity contribution < 1.29 is 17.9 Å². The summed E-state index contributed by atoms with van der Waals surface area (Å²) < 4.78 is 33.8. The van der Waals surface area contributed by atoms with Gasteiger partial charge in [-0.2, -0.15) is 5.26 Å². The first-order valence-corrected chi connectivity index (χ1v) is 7.62. The van der Waals surface area contributed by atoms with E-state index in [1.54, 1.807) is 18.2 Å². The maximum absolute atomic E-state index is 11.7. The van der Waals surface area contributed by atoms with Crippen LogP contribution in [0.25, 0.3) is 0 Å². The van der Waals surface area contributed by atoms with Crippen molar-refractivity contribution >= 4 is 9.84 Å². The molecule has 6 nitrogen and oxygen atoms in total. The minimum absolute atomic E-state index is 0.144. The van der Waals surface area contributed by atoms with E-state index in [0.717, 1.165) is 6.26 Å². The van der Waals surface area contributed by atoms with Gasteiger partial charge in [-0.3, -0.25) is 0 Å². The zero-order valence-electron chi connectivity index (χ0n) is 10.2. The fourth-order valence-electron chi connectivity index (χ4n) is 2.67. The van der Waals surface area contributed by atoms with E-state index in [4.69, 9.17) is 20.5 Å². The lowest BCUT2D eigenvalue weighted by Gasteiger charge is -2.02. The van der Waals surface area contributed by atoms with Crippen LogP contribution in [-0.2, 0) is 9.84 Å². The summed E-state index contributed by atoms with van der Waals surface area (Å²) in [4.78, 5) is 0. The van der Waals surface area contributed by atoms with Gasteiger partial charge in [0.15, 0.2) is 21.3 Å². The summed E-state index contributed by atoms with van der Waals surface area (Å²) >= 11 is 0. The van der Waals surface area contributed by atoms with Gasteiger partial charge in [0.1, 0.15) is 10.8 Å². The summed E-state index contributed by atoms with van der Waals surface area (Å²) in [5.41, 5.74) is 5.21. The van der Waals surface area contributed by atoms with E-state index in [9.17, 15) is 8.42 Å². The highest BCUT2D eigenvalue weighted by molar-refractivity contribution is 7.91. The molecule has 1 saturated carbocycles. The van der Waals surface area contributed by atoms with Crippen molar-refractivity contribution in [1.82, 2.24) is 0 Å². The fourth-order valence-corrected chi connectivity index (χ4v) is 4.37. The van der Waals surface area contributed by atoms with Crippen molar-refractivity contribution in [2.75, 3.05) is 13.0 Å². The van der Waals surface area contributed by atoms with Gasteiger partial charge < -0.3 is 15.2 Å². The van der Waals surface area contributed by atoms with Crippen LogP contribution in [-0.4, -0.2) is 32.3 Å². The Kier molecular flexibility index (Phi) is 2.34. The number of ether oxygens (including phenoxy) is 2. The lowest BCUT2D eigenvalue weighted by atomic mass is 10.1. The maximum atomic E-state index is 11.7. The number of hydrogen-bond acceptors (Lipinski definition) is 6. The minimum atomic E-state index is -3.38. The van der Waals surface area contributed by atoms with E-state index in [-0.39, 0.29) is 6.79 Å². The highest BCUT2D eigenvalue weighted by Crippen LogP contribution is 2.54. The smallest absolute Gasteiger partial charge is 0.231 e. The van der Waals surface area contributed by atoms with E-state index in [2.05, 4.69) is 0 Å². The molecule has 0 unspecified atom stereocenters. The molecule has 0 amide bonds. The molecule has 3 atom stereocenters. The fraction of sp³-hybridized carbons (Fsp3) is 0.417. The van der Waals surface area contributed by atoms with Crippen LogP contribution in [0.3, 0.4) is 0 Å². The average Bonchev–Trinajstić information content (AvgIpc) is 2.77. The number of nitrogens with two attached hydrogens (primary N) is 1. The predicted molar refractivity (Wildman–Crippen MR) is 66.5 cm³/mol. The standard InChI is InChI=1S/C12H12N2O4S/c1-19(15,16)11-10(12(11,14)5-13)7-2-3-8-9(4-7)18-6-17-8/h2-4,10-11H,6,14H2,1H3/t10-,11-,12-/m0/s1. The maximum Gasteiger partial charge on any atom is 0.231 e. The molecule has 1 heterocycles. The first-order valence-electron chi connectivity index (χ1n) is 5.66. The highest BCUT2D eigenvalue weighted by atomic mass is 32.2. The summed E-state index contributed by atoms with van der Waals surface area (Å²) in [6.45, 7) is 0.144. The summed E-state index contributed by atoms with van der Waals surface area (Å²) in [5.74, 6) is 0.638. The molecule has 0 saturated heterocycles. The third-order valence-corrected chi connectivity index (χ3v) is 5.17. The van der Waals surface area contributed by atoms with E-state index in [1.807, 2.05) is 6.07 Å². The Bertz CT molecular complexity index is 694. The highest BCUT2D eigenvalue weighted by Gasteiger charge is 2.69. The number of sulfone groups is 1. The van der Waals surface area contributed by atoms with Crippen LogP contribution in [0.1, 0.15) is 11.5 Å². The first-order chi connectivity index (χ1) is 8.88. The second-order valence-corrected chi connectivity index (χ2v) is 7.05. The Balaban J connectivity index is 2.02. The van der Waals surface area contributed by atoms with Gasteiger partial charge in [0.05, 0.1) is 6.07 Å². The van der Waals surface area contributed by atoms with Crippen molar-refractivity contribution in [1.29, 1.82) is 5.26 Å². The van der Waals surface area contributed by atoms with Gasteiger partial charge in [0, 0.05) is 12.2 Å². The Morgan fingerprint density at radius 1 is 1.42 bits per heavy atom.